The van der Waals surface area contributed by atoms with Crippen LogP contribution in [0.4, 0.5) is 0 Å². The van der Waals surface area contributed by atoms with E-state index in [0.717, 1.165) is 30.7 Å². The number of aliphatic hydroxyl groups is 1. The Morgan fingerprint density at radius 2 is 2.36 bits per heavy atom. The van der Waals surface area contributed by atoms with Crippen LogP contribution in [-0.4, -0.2) is 14.9 Å². The van der Waals surface area contributed by atoms with Crippen LogP contribution in [0.25, 0.3) is 0 Å². The van der Waals surface area contributed by atoms with E-state index in [9.17, 15) is 5.11 Å². The van der Waals surface area contributed by atoms with Gasteiger partial charge in [0.25, 0.3) is 0 Å². The van der Waals surface area contributed by atoms with Gasteiger partial charge in [0.15, 0.2) is 0 Å². The van der Waals surface area contributed by atoms with E-state index in [2.05, 4.69) is 12.0 Å². The summed E-state index contributed by atoms with van der Waals surface area (Å²) in [5.41, 5.74) is 2.05. The Morgan fingerprint density at radius 1 is 1.64 bits per heavy atom. The molecular weight excluding hydrogens is 176 g/mol. The summed E-state index contributed by atoms with van der Waals surface area (Å²) in [6.45, 7) is 2.09. The van der Waals surface area contributed by atoms with Crippen molar-refractivity contribution in [3.05, 3.63) is 17.5 Å². The van der Waals surface area contributed by atoms with Crippen LogP contribution in [0.3, 0.4) is 0 Å². The summed E-state index contributed by atoms with van der Waals surface area (Å²) in [5, 5.41) is 14.4. The van der Waals surface area contributed by atoms with Crippen LogP contribution in [0.2, 0.25) is 0 Å². The Bertz CT molecular complexity index is 315. The molecule has 0 aromatic carbocycles. The number of aliphatic hydroxyl groups excluding tert-OH is 1. The lowest BCUT2D eigenvalue weighted by atomic mass is 9.80. The van der Waals surface area contributed by atoms with Gasteiger partial charge in [-0.15, -0.1) is 0 Å². The first kappa shape index (κ1) is 9.71. The molecule has 1 saturated carbocycles. The molecule has 3 nitrogen and oxygen atoms in total. The van der Waals surface area contributed by atoms with Crippen LogP contribution < -0.4 is 0 Å². The SMILES string of the molecule is CCc1cc(C(O)C2CCC2)n(C)n1. The second-order valence-electron chi connectivity index (χ2n) is 4.17. The van der Waals surface area contributed by atoms with Crippen molar-refractivity contribution in [2.75, 3.05) is 0 Å². The van der Waals surface area contributed by atoms with Crippen molar-refractivity contribution < 1.29 is 5.11 Å². The molecule has 1 unspecified atom stereocenters. The Kier molecular flexibility index (Phi) is 2.59. The first-order valence-corrected chi connectivity index (χ1v) is 5.43. The predicted octanol–water partition coefficient (Wildman–Crippen LogP) is 1.82. The summed E-state index contributed by atoms with van der Waals surface area (Å²) in [6.07, 6.45) is 4.22. The number of aryl methyl sites for hydroxylation is 2. The molecule has 1 heterocycles. The lowest BCUT2D eigenvalue weighted by molar-refractivity contribution is 0.0556. The van der Waals surface area contributed by atoms with E-state index in [0.29, 0.717) is 5.92 Å². The second kappa shape index (κ2) is 3.73. The molecule has 1 aromatic rings. The third-order valence-electron chi connectivity index (χ3n) is 3.23. The minimum atomic E-state index is -0.304. The van der Waals surface area contributed by atoms with Crippen LogP contribution in [0.15, 0.2) is 6.07 Å². The highest BCUT2D eigenvalue weighted by Gasteiger charge is 2.28. The van der Waals surface area contributed by atoms with Gasteiger partial charge in [0.2, 0.25) is 0 Å². The fourth-order valence-electron chi connectivity index (χ4n) is 1.99. The smallest absolute Gasteiger partial charge is 0.0984 e. The van der Waals surface area contributed by atoms with Gasteiger partial charge in [0, 0.05) is 7.05 Å². The molecule has 0 bridgehead atoms. The molecule has 1 aliphatic rings. The van der Waals surface area contributed by atoms with Gasteiger partial charge in [0.05, 0.1) is 17.5 Å². The molecular formula is C11H18N2O. The standard InChI is InChI=1S/C11H18N2O/c1-3-9-7-10(13(2)12-9)11(14)8-5-4-6-8/h7-8,11,14H,3-6H2,1-2H3. The van der Waals surface area contributed by atoms with Crippen LogP contribution >= 0.6 is 0 Å². The molecule has 0 radical (unpaired) electrons. The molecule has 1 N–H and O–H groups in total. The molecule has 3 heteroatoms. The quantitative estimate of drug-likeness (QED) is 0.797. The molecule has 1 fully saturated rings. The van der Waals surface area contributed by atoms with Gasteiger partial charge in [-0.25, -0.2) is 0 Å². The normalized spacial score (nSPS) is 19.4. The van der Waals surface area contributed by atoms with Gasteiger partial charge in [0.1, 0.15) is 0 Å². The molecule has 0 aliphatic heterocycles. The summed E-state index contributed by atoms with van der Waals surface area (Å²) in [5.74, 6) is 0.468. The van der Waals surface area contributed by atoms with Gasteiger partial charge < -0.3 is 5.11 Å². The van der Waals surface area contributed by atoms with E-state index in [1.54, 1.807) is 0 Å². The number of aromatic nitrogens is 2. The van der Waals surface area contributed by atoms with Gasteiger partial charge in [-0.05, 0) is 31.2 Å². The Labute approximate surface area is 84.7 Å². The summed E-state index contributed by atoms with van der Waals surface area (Å²) in [7, 11) is 1.91. The highest BCUT2D eigenvalue weighted by molar-refractivity contribution is 5.14. The Balaban J connectivity index is 2.17. The van der Waals surface area contributed by atoms with Crippen molar-refractivity contribution in [3.63, 3.8) is 0 Å². The first-order chi connectivity index (χ1) is 6.72. The minimum Gasteiger partial charge on any atom is -0.387 e. The zero-order valence-corrected chi connectivity index (χ0v) is 8.90. The van der Waals surface area contributed by atoms with Gasteiger partial charge >= 0.3 is 0 Å². The van der Waals surface area contributed by atoms with E-state index >= 15 is 0 Å². The zero-order valence-electron chi connectivity index (χ0n) is 8.90. The molecule has 1 atom stereocenters. The van der Waals surface area contributed by atoms with Crippen molar-refractivity contribution in [1.29, 1.82) is 0 Å². The number of rotatable bonds is 3. The van der Waals surface area contributed by atoms with Crippen LogP contribution in [0, 0.1) is 5.92 Å². The van der Waals surface area contributed by atoms with Gasteiger partial charge in [-0.1, -0.05) is 13.3 Å². The maximum absolute atomic E-state index is 10.1. The Morgan fingerprint density at radius 3 is 2.79 bits per heavy atom. The summed E-state index contributed by atoms with van der Waals surface area (Å²) < 4.78 is 1.82. The van der Waals surface area contributed by atoms with Crippen molar-refractivity contribution in [2.24, 2.45) is 13.0 Å². The van der Waals surface area contributed by atoms with Crippen LogP contribution in [0.5, 0.6) is 0 Å². The van der Waals surface area contributed by atoms with Crippen LogP contribution in [0.1, 0.15) is 43.7 Å². The first-order valence-electron chi connectivity index (χ1n) is 5.43. The number of nitrogens with zero attached hydrogens (tertiary/aromatic N) is 2. The van der Waals surface area contributed by atoms with Gasteiger partial charge in [-0.2, -0.15) is 5.10 Å². The average molecular weight is 194 g/mol. The van der Waals surface area contributed by atoms with Crippen molar-refractivity contribution >= 4 is 0 Å². The van der Waals surface area contributed by atoms with Gasteiger partial charge in [-0.3, -0.25) is 4.68 Å². The summed E-state index contributed by atoms with van der Waals surface area (Å²) in [6, 6.07) is 2.03. The molecule has 14 heavy (non-hydrogen) atoms. The second-order valence-corrected chi connectivity index (χ2v) is 4.17. The molecule has 0 saturated heterocycles. The lowest BCUT2D eigenvalue weighted by Crippen LogP contribution is -2.21. The monoisotopic (exact) mass is 194 g/mol. The third-order valence-corrected chi connectivity index (χ3v) is 3.23. The largest absolute Gasteiger partial charge is 0.387 e. The van der Waals surface area contributed by atoms with Crippen molar-refractivity contribution in [2.45, 2.75) is 38.7 Å². The van der Waals surface area contributed by atoms with E-state index in [1.165, 1.54) is 6.42 Å². The van der Waals surface area contributed by atoms with Crippen LogP contribution in [-0.2, 0) is 13.5 Å². The number of hydrogen-bond donors (Lipinski definition) is 1. The highest BCUT2D eigenvalue weighted by atomic mass is 16.3. The highest BCUT2D eigenvalue weighted by Crippen LogP contribution is 2.37. The van der Waals surface area contributed by atoms with Crippen molar-refractivity contribution in [3.8, 4) is 0 Å². The maximum atomic E-state index is 10.1. The summed E-state index contributed by atoms with van der Waals surface area (Å²) in [4.78, 5) is 0. The number of hydrogen-bond acceptors (Lipinski definition) is 2. The average Bonchev–Trinajstić information content (AvgIpc) is 2.43. The van der Waals surface area contributed by atoms with E-state index in [4.69, 9.17) is 0 Å². The topological polar surface area (TPSA) is 38.0 Å². The van der Waals surface area contributed by atoms with E-state index < -0.39 is 0 Å². The maximum Gasteiger partial charge on any atom is 0.0984 e. The van der Waals surface area contributed by atoms with E-state index in [1.807, 2.05) is 17.8 Å². The Hall–Kier alpha value is -0.830. The molecule has 0 spiro atoms. The lowest BCUT2D eigenvalue weighted by Gasteiger charge is -2.30. The van der Waals surface area contributed by atoms with Crippen molar-refractivity contribution in [1.82, 2.24) is 9.78 Å². The molecule has 78 valence electrons. The van der Waals surface area contributed by atoms with E-state index in [-0.39, 0.29) is 6.10 Å². The fraction of sp³-hybridized carbons (Fsp3) is 0.727. The molecule has 1 aromatic heterocycles. The molecule has 0 amide bonds. The summed E-state index contributed by atoms with van der Waals surface area (Å²) >= 11 is 0. The fourth-order valence-corrected chi connectivity index (χ4v) is 1.99. The third kappa shape index (κ3) is 1.57. The molecule has 2 rings (SSSR count). The minimum absolute atomic E-state index is 0.304. The zero-order chi connectivity index (χ0) is 10.1. The molecule has 1 aliphatic carbocycles. The predicted molar refractivity (Wildman–Crippen MR) is 54.9 cm³/mol.